The third kappa shape index (κ3) is 6.23. The molecule has 2 fully saturated rings. The zero-order chi connectivity index (χ0) is 24.7. The fourth-order valence-electron chi connectivity index (χ4n) is 6.64. The maximum Gasteiger partial charge on any atom is 0.197 e. The van der Waals surface area contributed by atoms with Crippen LogP contribution in [0.3, 0.4) is 0 Å². The maximum absolute atomic E-state index is 6.65. The first-order valence-corrected chi connectivity index (χ1v) is 14.3. The highest BCUT2D eigenvalue weighted by Gasteiger charge is 2.32. The first-order valence-electron chi connectivity index (χ1n) is 14.3. The van der Waals surface area contributed by atoms with Crippen molar-refractivity contribution in [3.63, 3.8) is 0 Å². The summed E-state index contributed by atoms with van der Waals surface area (Å²) in [5.41, 5.74) is 8.83. The van der Waals surface area contributed by atoms with Gasteiger partial charge in [-0.25, -0.2) is 4.99 Å². The van der Waals surface area contributed by atoms with E-state index in [1.165, 1.54) is 89.2 Å². The molecule has 2 aromatic rings. The van der Waals surface area contributed by atoms with E-state index in [1.807, 2.05) is 42.5 Å². The van der Waals surface area contributed by atoms with Crippen LogP contribution in [0.5, 0.6) is 11.5 Å². The highest BCUT2D eigenvalue weighted by molar-refractivity contribution is 5.84. The summed E-state index contributed by atoms with van der Waals surface area (Å²) >= 11 is 0. The summed E-state index contributed by atoms with van der Waals surface area (Å²) in [6.45, 7) is 2.00. The number of rotatable bonds is 9. The lowest BCUT2D eigenvalue weighted by Crippen LogP contribution is -2.49. The number of guanidine groups is 1. The van der Waals surface area contributed by atoms with Crippen molar-refractivity contribution < 1.29 is 4.74 Å². The Bertz CT molecular complexity index is 995. The van der Waals surface area contributed by atoms with Gasteiger partial charge in [0.2, 0.25) is 0 Å². The predicted molar refractivity (Wildman–Crippen MR) is 149 cm³/mol. The SMILES string of the molecule is CN(CCCC(C1CCCCC1)N1Cc2cc(Oc3ccccc3)ccc2N=C1N)C1CCCCC1. The molecule has 0 aromatic heterocycles. The molecule has 1 atom stereocenters. The van der Waals surface area contributed by atoms with E-state index < -0.39 is 0 Å². The third-order valence-electron chi connectivity index (χ3n) is 8.70. The Morgan fingerprint density at radius 2 is 1.67 bits per heavy atom. The van der Waals surface area contributed by atoms with E-state index in [9.17, 15) is 0 Å². The molecule has 2 saturated carbocycles. The van der Waals surface area contributed by atoms with Gasteiger partial charge in [0.15, 0.2) is 5.96 Å². The lowest BCUT2D eigenvalue weighted by Gasteiger charge is -2.41. The molecule has 5 nitrogen and oxygen atoms in total. The second-order valence-electron chi connectivity index (χ2n) is 11.2. The molecule has 2 N–H and O–H groups in total. The van der Waals surface area contributed by atoms with Gasteiger partial charge >= 0.3 is 0 Å². The summed E-state index contributed by atoms with van der Waals surface area (Å²) < 4.78 is 6.13. The summed E-state index contributed by atoms with van der Waals surface area (Å²) in [4.78, 5) is 9.92. The van der Waals surface area contributed by atoms with Gasteiger partial charge in [-0.2, -0.15) is 0 Å². The van der Waals surface area contributed by atoms with Gasteiger partial charge in [-0.1, -0.05) is 56.7 Å². The van der Waals surface area contributed by atoms with E-state index in [0.717, 1.165) is 29.8 Å². The summed E-state index contributed by atoms with van der Waals surface area (Å²) in [7, 11) is 2.34. The van der Waals surface area contributed by atoms with Gasteiger partial charge in [-0.15, -0.1) is 0 Å². The molecule has 5 rings (SSSR count). The van der Waals surface area contributed by atoms with Crippen molar-refractivity contribution in [1.82, 2.24) is 9.80 Å². The number of para-hydroxylation sites is 1. The molecular formula is C31H44N4O. The van der Waals surface area contributed by atoms with Crippen molar-refractivity contribution in [3.8, 4) is 11.5 Å². The largest absolute Gasteiger partial charge is 0.457 e. The monoisotopic (exact) mass is 488 g/mol. The smallest absolute Gasteiger partial charge is 0.197 e. The second kappa shape index (κ2) is 12.1. The molecule has 5 heteroatoms. The van der Waals surface area contributed by atoms with Crippen LogP contribution in [0.2, 0.25) is 0 Å². The van der Waals surface area contributed by atoms with Gasteiger partial charge in [0.05, 0.1) is 5.69 Å². The molecule has 0 spiro atoms. The molecule has 0 saturated heterocycles. The standard InChI is InChI=1S/C31H44N4O/c1-34(26-14-7-3-8-15-26)21-11-18-30(24-12-5-2-6-13-24)35-23-25-22-28(19-20-29(25)33-31(35)32)36-27-16-9-4-10-17-27/h4,9-10,16-17,19-20,22,24,26,30H,2-3,5-8,11-15,18,21,23H2,1H3,(H2,32,33). The molecule has 36 heavy (non-hydrogen) atoms. The van der Waals surface area contributed by atoms with E-state index in [4.69, 9.17) is 15.5 Å². The summed E-state index contributed by atoms with van der Waals surface area (Å²) in [6, 6.07) is 17.4. The maximum atomic E-state index is 6.65. The Morgan fingerprint density at radius 1 is 0.944 bits per heavy atom. The Labute approximate surface area is 217 Å². The number of hydrogen-bond donors (Lipinski definition) is 1. The van der Waals surface area contributed by atoms with Gasteiger partial charge in [-0.3, -0.25) is 0 Å². The topological polar surface area (TPSA) is 54.1 Å². The van der Waals surface area contributed by atoms with E-state index >= 15 is 0 Å². The van der Waals surface area contributed by atoms with Crippen molar-refractivity contribution >= 4 is 11.6 Å². The Morgan fingerprint density at radius 3 is 2.42 bits per heavy atom. The molecular weight excluding hydrogens is 444 g/mol. The second-order valence-corrected chi connectivity index (χ2v) is 11.2. The van der Waals surface area contributed by atoms with Crippen LogP contribution in [0.4, 0.5) is 5.69 Å². The van der Waals surface area contributed by atoms with Crippen molar-refractivity contribution in [3.05, 3.63) is 54.1 Å². The van der Waals surface area contributed by atoms with Gasteiger partial charge in [0, 0.05) is 24.2 Å². The van der Waals surface area contributed by atoms with Crippen LogP contribution in [-0.4, -0.2) is 41.4 Å². The lowest BCUT2D eigenvalue weighted by molar-refractivity contribution is 0.146. The van der Waals surface area contributed by atoms with E-state index in [-0.39, 0.29) is 0 Å². The minimum Gasteiger partial charge on any atom is -0.457 e. The van der Waals surface area contributed by atoms with Crippen LogP contribution < -0.4 is 10.5 Å². The van der Waals surface area contributed by atoms with E-state index in [2.05, 4.69) is 22.9 Å². The molecule has 2 aliphatic carbocycles. The van der Waals surface area contributed by atoms with Crippen molar-refractivity contribution in [2.45, 2.75) is 95.7 Å². The summed E-state index contributed by atoms with van der Waals surface area (Å²) in [6.07, 6.45) is 16.1. The van der Waals surface area contributed by atoms with Crippen LogP contribution in [0.1, 0.15) is 82.6 Å². The average Bonchev–Trinajstić information content (AvgIpc) is 2.92. The summed E-state index contributed by atoms with van der Waals surface area (Å²) in [5, 5.41) is 0. The molecule has 1 heterocycles. The van der Waals surface area contributed by atoms with Crippen LogP contribution in [0.15, 0.2) is 53.5 Å². The number of nitrogens with zero attached hydrogens (tertiary/aromatic N) is 3. The van der Waals surface area contributed by atoms with E-state index in [0.29, 0.717) is 17.9 Å². The number of ether oxygens (including phenoxy) is 1. The minimum absolute atomic E-state index is 0.459. The van der Waals surface area contributed by atoms with Crippen molar-refractivity contribution in [1.29, 1.82) is 0 Å². The third-order valence-corrected chi connectivity index (χ3v) is 8.70. The van der Waals surface area contributed by atoms with E-state index in [1.54, 1.807) is 0 Å². The fraction of sp³-hybridized carbons (Fsp3) is 0.581. The van der Waals surface area contributed by atoms with Crippen LogP contribution in [-0.2, 0) is 6.54 Å². The van der Waals surface area contributed by atoms with Gasteiger partial charge < -0.3 is 20.3 Å². The highest BCUT2D eigenvalue weighted by Crippen LogP contribution is 2.37. The molecule has 1 aliphatic heterocycles. The number of hydrogen-bond acceptors (Lipinski definition) is 5. The minimum atomic E-state index is 0.459. The number of nitrogens with two attached hydrogens (primary N) is 1. The number of fused-ring (bicyclic) bond motifs is 1. The summed E-state index contributed by atoms with van der Waals surface area (Å²) in [5.74, 6) is 3.11. The Hall–Kier alpha value is -2.53. The number of aliphatic imine (C=N–C) groups is 1. The quantitative estimate of drug-likeness (QED) is 0.404. The first kappa shape index (κ1) is 25.1. The normalized spacial score (nSPS) is 20.2. The highest BCUT2D eigenvalue weighted by atomic mass is 16.5. The van der Waals surface area contributed by atoms with Gasteiger partial charge in [-0.05, 0) is 88.4 Å². The molecule has 0 radical (unpaired) electrons. The van der Waals surface area contributed by atoms with Crippen LogP contribution in [0.25, 0.3) is 0 Å². The molecule has 0 amide bonds. The van der Waals surface area contributed by atoms with Gasteiger partial charge in [0.25, 0.3) is 0 Å². The zero-order valence-electron chi connectivity index (χ0n) is 22.1. The lowest BCUT2D eigenvalue weighted by atomic mass is 9.81. The molecule has 3 aliphatic rings. The molecule has 2 aromatic carbocycles. The molecule has 1 unspecified atom stereocenters. The fourth-order valence-corrected chi connectivity index (χ4v) is 6.64. The predicted octanol–water partition coefficient (Wildman–Crippen LogP) is 7.23. The Kier molecular flexibility index (Phi) is 8.47. The average molecular weight is 489 g/mol. The van der Waals surface area contributed by atoms with Gasteiger partial charge in [0.1, 0.15) is 11.5 Å². The molecule has 194 valence electrons. The van der Waals surface area contributed by atoms with Crippen LogP contribution >= 0.6 is 0 Å². The van der Waals surface area contributed by atoms with Crippen molar-refractivity contribution in [2.24, 2.45) is 16.6 Å². The van der Waals surface area contributed by atoms with Crippen LogP contribution in [0, 0.1) is 5.92 Å². The zero-order valence-corrected chi connectivity index (χ0v) is 22.1. The number of benzene rings is 2. The van der Waals surface area contributed by atoms with Crippen molar-refractivity contribution in [2.75, 3.05) is 13.6 Å². The Balaban J connectivity index is 1.28. The molecule has 0 bridgehead atoms. The first-order chi connectivity index (χ1) is 17.7.